The van der Waals surface area contributed by atoms with E-state index in [0.29, 0.717) is 37.1 Å². The first-order chi connectivity index (χ1) is 10.3. The zero-order valence-electron chi connectivity index (χ0n) is 13.2. The van der Waals surface area contributed by atoms with E-state index in [-0.39, 0.29) is 6.04 Å². The van der Waals surface area contributed by atoms with Gasteiger partial charge in [-0.2, -0.15) is 4.31 Å². The lowest BCUT2D eigenvalue weighted by molar-refractivity contribution is -0.0775. The molecule has 1 aliphatic carbocycles. The third-order valence-electron chi connectivity index (χ3n) is 5.09. The van der Waals surface area contributed by atoms with Crippen molar-refractivity contribution in [3.8, 4) is 0 Å². The van der Waals surface area contributed by atoms with Gasteiger partial charge in [-0.05, 0) is 45.6 Å². The highest BCUT2D eigenvalue weighted by atomic mass is 32.2. The fourth-order valence-electron chi connectivity index (χ4n) is 3.91. The standard InChI is InChI=1S/C15H23NO4S2/c1-10-8-13(11(2)21-10)22(18,19)16-7-6-15(20-3)5-4-12(17)9-14(15)16/h8,12,14,17H,4-7,9H2,1-3H3/t12-,14+,15-/m1/s1. The molecule has 0 unspecified atom stereocenters. The molecule has 3 rings (SSSR count). The molecule has 1 N–H and O–H groups in total. The van der Waals surface area contributed by atoms with Crippen LogP contribution in [0.3, 0.4) is 0 Å². The molecular weight excluding hydrogens is 322 g/mol. The Hall–Kier alpha value is -0.470. The van der Waals surface area contributed by atoms with Crippen LogP contribution in [0.4, 0.5) is 0 Å². The maximum absolute atomic E-state index is 13.1. The minimum Gasteiger partial charge on any atom is -0.393 e. The van der Waals surface area contributed by atoms with Crippen LogP contribution in [0.5, 0.6) is 0 Å². The number of aliphatic hydroxyl groups is 1. The van der Waals surface area contributed by atoms with Crippen molar-refractivity contribution in [2.24, 2.45) is 0 Å². The van der Waals surface area contributed by atoms with Crippen molar-refractivity contribution in [1.29, 1.82) is 0 Å². The van der Waals surface area contributed by atoms with E-state index in [1.807, 2.05) is 13.8 Å². The molecule has 3 atom stereocenters. The van der Waals surface area contributed by atoms with E-state index in [1.54, 1.807) is 17.5 Å². The van der Waals surface area contributed by atoms with Gasteiger partial charge in [0, 0.05) is 23.4 Å². The second kappa shape index (κ2) is 5.56. The lowest BCUT2D eigenvalue weighted by atomic mass is 9.79. The molecule has 1 aliphatic heterocycles. The predicted molar refractivity (Wildman–Crippen MR) is 85.7 cm³/mol. The minimum atomic E-state index is -3.54. The van der Waals surface area contributed by atoms with E-state index in [2.05, 4.69) is 0 Å². The molecule has 1 saturated heterocycles. The highest BCUT2D eigenvalue weighted by molar-refractivity contribution is 7.89. The number of nitrogens with zero attached hydrogens (tertiary/aromatic N) is 1. The number of aliphatic hydroxyl groups excluding tert-OH is 1. The summed E-state index contributed by atoms with van der Waals surface area (Å²) < 4.78 is 33.5. The zero-order valence-corrected chi connectivity index (χ0v) is 14.8. The van der Waals surface area contributed by atoms with E-state index in [9.17, 15) is 13.5 Å². The molecule has 2 heterocycles. The summed E-state index contributed by atoms with van der Waals surface area (Å²) in [7, 11) is -1.88. The topological polar surface area (TPSA) is 66.8 Å². The second-order valence-corrected chi connectivity index (χ2v) is 9.68. The highest BCUT2D eigenvalue weighted by Crippen LogP contribution is 2.45. The van der Waals surface area contributed by atoms with Gasteiger partial charge in [-0.3, -0.25) is 0 Å². The van der Waals surface area contributed by atoms with Crippen LogP contribution in [0.2, 0.25) is 0 Å². The van der Waals surface area contributed by atoms with Crippen molar-refractivity contribution in [3.05, 3.63) is 15.8 Å². The van der Waals surface area contributed by atoms with Gasteiger partial charge in [-0.25, -0.2) is 8.42 Å². The Morgan fingerprint density at radius 1 is 1.41 bits per heavy atom. The van der Waals surface area contributed by atoms with Gasteiger partial charge in [-0.1, -0.05) is 0 Å². The van der Waals surface area contributed by atoms with Crippen LogP contribution >= 0.6 is 11.3 Å². The van der Waals surface area contributed by atoms with Crippen molar-refractivity contribution in [3.63, 3.8) is 0 Å². The Kier molecular flexibility index (Phi) is 4.14. The number of fused-ring (bicyclic) bond motifs is 1. The molecule has 0 bridgehead atoms. The van der Waals surface area contributed by atoms with Gasteiger partial charge in [0.05, 0.1) is 22.6 Å². The fraction of sp³-hybridized carbons (Fsp3) is 0.733. The number of aryl methyl sites for hydroxylation is 2. The van der Waals surface area contributed by atoms with Crippen molar-refractivity contribution in [2.75, 3.05) is 13.7 Å². The first kappa shape index (κ1) is 16.4. The molecule has 0 aromatic carbocycles. The van der Waals surface area contributed by atoms with Crippen molar-refractivity contribution >= 4 is 21.4 Å². The number of rotatable bonds is 3. The predicted octanol–water partition coefficient (Wildman–Crippen LogP) is 2.06. The summed E-state index contributed by atoms with van der Waals surface area (Å²) in [5.74, 6) is 0. The summed E-state index contributed by atoms with van der Waals surface area (Å²) in [6.45, 7) is 4.23. The highest BCUT2D eigenvalue weighted by Gasteiger charge is 2.54. The second-order valence-electron chi connectivity index (χ2n) is 6.36. The van der Waals surface area contributed by atoms with Gasteiger partial charge in [0.2, 0.25) is 10.0 Å². The van der Waals surface area contributed by atoms with Crippen LogP contribution < -0.4 is 0 Å². The molecule has 7 heteroatoms. The average Bonchev–Trinajstić information content (AvgIpc) is 3.00. The summed E-state index contributed by atoms with van der Waals surface area (Å²) in [5.41, 5.74) is -0.439. The molecule has 2 fully saturated rings. The molecule has 0 spiro atoms. The minimum absolute atomic E-state index is 0.272. The van der Waals surface area contributed by atoms with Crippen molar-refractivity contribution in [1.82, 2.24) is 4.31 Å². The third-order valence-corrected chi connectivity index (χ3v) is 8.22. The number of methoxy groups -OCH3 is 1. The molecule has 22 heavy (non-hydrogen) atoms. The van der Waals surface area contributed by atoms with Gasteiger partial charge in [0.1, 0.15) is 0 Å². The SMILES string of the molecule is CO[C@@]12CC[C@@H](O)C[C@@H]1N(S(=O)(=O)c1cc(C)sc1C)CC2. The Morgan fingerprint density at radius 2 is 2.14 bits per heavy atom. The number of ether oxygens (including phenoxy) is 1. The molecule has 5 nitrogen and oxygen atoms in total. The van der Waals surface area contributed by atoms with E-state index >= 15 is 0 Å². The van der Waals surface area contributed by atoms with Crippen LogP contribution in [-0.4, -0.2) is 49.2 Å². The van der Waals surface area contributed by atoms with Crippen LogP contribution in [0.15, 0.2) is 11.0 Å². The van der Waals surface area contributed by atoms with Gasteiger partial charge < -0.3 is 9.84 Å². The Balaban J connectivity index is 1.99. The maximum Gasteiger partial charge on any atom is 0.244 e. The summed E-state index contributed by atoms with van der Waals surface area (Å²) >= 11 is 1.50. The first-order valence-corrected chi connectivity index (χ1v) is 9.88. The maximum atomic E-state index is 13.1. The molecule has 2 aliphatic rings. The lowest BCUT2D eigenvalue weighted by Gasteiger charge is -2.42. The Bertz CT molecular complexity index is 669. The Labute approximate surface area is 136 Å². The van der Waals surface area contributed by atoms with Gasteiger partial charge in [0.25, 0.3) is 0 Å². The average molecular weight is 345 g/mol. The number of sulfonamides is 1. The van der Waals surface area contributed by atoms with Gasteiger partial charge in [-0.15, -0.1) is 11.3 Å². The largest absolute Gasteiger partial charge is 0.393 e. The van der Waals surface area contributed by atoms with E-state index in [0.717, 1.165) is 9.75 Å². The molecule has 1 saturated carbocycles. The number of hydrogen-bond acceptors (Lipinski definition) is 5. The van der Waals surface area contributed by atoms with Crippen molar-refractivity contribution < 1.29 is 18.3 Å². The quantitative estimate of drug-likeness (QED) is 0.910. The third kappa shape index (κ3) is 2.43. The number of hydrogen-bond donors (Lipinski definition) is 1. The van der Waals surface area contributed by atoms with Crippen LogP contribution in [0.25, 0.3) is 0 Å². The normalized spacial score (nSPS) is 33.1. The number of thiophene rings is 1. The lowest BCUT2D eigenvalue weighted by Crippen LogP contribution is -2.52. The summed E-state index contributed by atoms with van der Waals surface area (Å²) in [6.07, 6.45) is 2.09. The van der Waals surface area contributed by atoms with Crippen LogP contribution in [0, 0.1) is 13.8 Å². The van der Waals surface area contributed by atoms with E-state index in [4.69, 9.17) is 4.74 Å². The Morgan fingerprint density at radius 3 is 2.73 bits per heavy atom. The molecule has 1 aromatic heterocycles. The first-order valence-electron chi connectivity index (χ1n) is 7.62. The monoisotopic (exact) mass is 345 g/mol. The van der Waals surface area contributed by atoms with Gasteiger partial charge >= 0.3 is 0 Å². The molecule has 1 aromatic rings. The van der Waals surface area contributed by atoms with E-state index in [1.165, 1.54) is 11.3 Å². The molecular formula is C15H23NO4S2. The van der Waals surface area contributed by atoms with Gasteiger partial charge in [0.15, 0.2) is 0 Å². The summed E-state index contributed by atoms with van der Waals surface area (Å²) in [6, 6.07) is 1.48. The molecule has 0 amide bonds. The van der Waals surface area contributed by atoms with Crippen molar-refractivity contribution in [2.45, 2.75) is 62.2 Å². The molecule has 124 valence electrons. The van der Waals surface area contributed by atoms with E-state index < -0.39 is 21.7 Å². The van der Waals surface area contributed by atoms with Crippen LogP contribution in [-0.2, 0) is 14.8 Å². The fourth-order valence-corrected chi connectivity index (χ4v) is 7.13. The smallest absolute Gasteiger partial charge is 0.244 e. The molecule has 0 radical (unpaired) electrons. The summed E-state index contributed by atoms with van der Waals surface area (Å²) in [4.78, 5) is 2.22. The zero-order chi connectivity index (χ0) is 16.1. The van der Waals surface area contributed by atoms with Crippen LogP contribution in [0.1, 0.15) is 35.4 Å². The summed E-state index contributed by atoms with van der Waals surface area (Å²) in [5, 5.41) is 10.0.